The molecule has 2 rings (SSSR count). The van der Waals surface area contributed by atoms with Gasteiger partial charge in [0, 0.05) is 12.4 Å². The standard InChI is InChI=1S/C9H10N4/c1-8-3-2-4-10-9(8)7-13-6-5-11-12-13/h2-6H,7H2,1H3. The zero-order valence-corrected chi connectivity index (χ0v) is 7.38. The van der Waals surface area contributed by atoms with Gasteiger partial charge in [-0.2, -0.15) is 0 Å². The Kier molecular flexibility index (Phi) is 2.04. The van der Waals surface area contributed by atoms with Crippen molar-refractivity contribution in [3.63, 3.8) is 0 Å². The molecule has 0 amide bonds. The molecule has 4 heteroatoms. The maximum atomic E-state index is 4.26. The van der Waals surface area contributed by atoms with Gasteiger partial charge >= 0.3 is 0 Å². The summed E-state index contributed by atoms with van der Waals surface area (Å²) in [5.74, 6) is 0. The van der Waals surface area contributed by atoms with Crippen LogP contribution in [-0.2, 0) is 6.54 Å². The molecule has 0 spiro atoms. The van der Waals surface area contributed by atoms with Crippen molar-refractivity contribution in [1.29, 1.82) is 0 Å². The Balaban J connectivity index is 2.24. The van der Waals surface area contributed by atoms with Crippen LogP contribution in [0.25, 0.3) is 0 Å². The van der Waals surface area contributed by atoms with E-state index in [0.29, 0.717) is 6.54 Å². The lowest BCUT2D eigenvalue weighted by Crippen LogP contribution is -2.04. The van der Waals surface area contributed by atoms with Gasteiger partial charge in [-0.25, -0.2) is 4.68 Å². The number of aromatic nitrogens is 4. The SMILES string of the molecule is Cc1cccnc1Cn1ccnn1. The molecule has 0 fully saturated rings. The smallest absolute Gasteiger partial charge is 0.0851 e. The second-order valence-corrected chi connectivity index (χ2v) is 2.87. The summed E-state index contributed by atoms with van der Waals surface area (Å²) in [4.78, 5) is 4.26. The predicted octanol–water partition coefficient (Wildman–Crippen LogP) is 1.03. The highest BCUT2D eigenvalue weighted by Crippen LogP contribution is 2.03. The number of pyridine rings is 1. The molecular weight excluding hydrogens is 164 g/mol. The summed E-state index contributed by atoms with van der Waals surface area (Å²) in [7, 11) is 0. The first-order valence-corrected chi connectivity index (χ1v) is 4.11. The van der Waals surface area contributed by atoms with Crippen molar-refractivity contribution < 1.29 is 0 Å². The Bertz CT molecular complexity index is 380. The van der Waals surface area contributed by atoms with Crippen molar-refractivity contribution in [2.24, 2.45) is 0 Å². The molecule has 0 saturated carbocycles. The van der Waals surface area contributed by atoms with Crippen LogP contribution in [0.15, 0.2) is 30.7 Å². The molecule has 0 N–H and O–H groups in total. The quantitative estimate of drug-likeness (QED) is 0.683. The number of nitrogens with zero attached hydrogens (tertiary/aromatic N) is 4. The minimum Gasteiger partial charge on any atom is -0.259 e. The summed E-state index contributed by atoms with van der Waals surface area (Å²) in [5, 5.41) is 7.61. The molecule has 2 aromatic heterocycles. The average Bonchev–Trinajstić information content (AvgIpc) is 2.61. The summed E-state index contributed by atoms with van der Waals surface area (Å²) in [6.07, 6.45) is 5.28. The average molecular weight is 174 g/mol. The van der Waals surface area contributed by atoms with E-state index in [9.17, 15) is 0 Å². The van der Waals surface area contributed by atoms with Crippen molar-refractivity contribution >= 4 is 0 Å². The highest BCUT2D eigenvalue weighted by atomic mass is 15.4. The van der Waals surface area contributed by atoms with Gasteiger partial charge in [-0.3, -0.25) is 4.98 Å². The Morgan fingerprint density at radius 1 is 1.38 bits per heavy atom. The van der Waals surface area contributed by atoms with Crippen molar-refractivity contribution in [3.05, 3.63) is 42.0 Å². The van der Waals surface area contributed by atoms with E-state index in [0.717, 1.165) is 5.69 Å². The van der Waals surface area contributed by atoms with Crippen molar-refractivity contribution in [3.8, 4) is 0 Å². The molecule has 2 heterocycles. The molecule has 0 bridgehead atoms. The lowest BCUT2D eigenvalue weighted by molar-refractivity contribution is 0.636. The number of aryl methyl sites for hydroxylation is 1. The van der Waals surface area contributed by atoms with Gasteiger partial charge in [-0.05, 0) is 18.6 Å². The van der Waals surface area contributed by atoms with Crippen LogP contribution in [0, 0.1) is 6.92 Å². The van der Waals surface area contributed by atoms with Crippen molar-refractivity contribution in [1.82, 2.24) is 20.0 Å². The molecule has 0 aliphatic heterocycles. The minimum absolute atomic E-state index is 0.687. The minimum atomic E-state index is 0.687. The third-order valence-electron chi connectivity index (χ3n) is 1.90. The fourth-order valence-electron chi connectivity index (χ4n) is 1.15. The first kappa shape index (κ1) is 7.91. The number of rotatable bonds is 2. The van der Waals surface area contributed by atoms with Gasteiger partial charge in [0.1, 0.15) is 0 Å². The Morgan fingerprint density at radius 2 is 2.31 bits per heavy atom. The molecule has 0 radical (unpaired) electrons. The highest BCUT2D eigenvalue weighted by molar-refractivity contribution is 5.17. The molecule has 0 aliphatic carbocycles. The molecule has 13 heavy (non-hydrogen) atoms. The Hall–Kier alpha value is -1.71. The number of hydrogen-bond acceptors (Lipinski definition) is 3. The van der Waals surface area contributed by atoms with E-state index in [1.54, 1.807) is 17.1 Å². The van der Waals surface area contributed by atoms with Gasteiger partial charge in [0.25, 0.3) is 0 Å². The molecule has 0 unspecified atom stereocenters. The summed E-state index contributed by atoms with van der Waals surface area (Å²) >= 11 is 0. The van der Waals surface area contributed by atoms with E-state index < -0.39 is 0 Å². The Labute approximate surface area is 76.2 Å². The largest absolute Gasteiger partial charge is 0.259 e. The maximum Gasteiger partial charge on any atom is 0.0851 e. The monoisotopic (exact) mass is 174 g/mol. The molecule has 66 valence electrons. The van der Waals surface area contributed by atoms with Crippen LogP contribution in [0.5, 0.6) is 0 Å². The second kappa shape index (κ2) is 3.35. The lowest BCUT2D eigenvalue weighted by Gasteiger charge is -2.02. The third kappa shape index (κ3) is 1.72. The van der Waals surface area contributed by atoms with Crippen LogP contribution in [0.3, 0.4) is 0 Å². The van der Waals surface area contributed by atoms with Crippen LogP contribution in [0.4, 0.5) is 0 Å². The van der Waals surface area contributed by atoms with E-state index >= 15 is 0 Å². The Morgan fingerprint density at radius 3 is 3.00 bits per heavy atom. The molecule has 0 atom stereocenters. The first-order chi connectivity index (χ1) is 6.36. The van der Waals surface area contributed by atoms with Gasteiger partial charge in [0.15, 0.2) is 0 Å². The lowest BCUT2D eigenvalue weighted by atomic mass is 10.2. The molecule has 0 aliphatic rings. The van der Waals surface area contributed by atoms with Crippen LogP contribution in [0.1, 0.15) is 11.3 Å². The van der Waals surface area contributed by atoms with E-state index in [-0.39, 0.29) is 0 Å². The summed E-state index contributed by atoms with van der Waals surface area (Å²) < 4.78 is 1.76. The van der Waals surface area contributed by atoms with Crippen LogP contribution in [0.2, 0.25) is 0 Å². The summed E-state index contributed by atoms with van der Waals surface area (Å²) in [6, 6.07) is 3.97. The molecule has 0 saturated heterocycles. The van der Waals surface area contributed by atoms with E-state index in [1.165, 1.54) is 5.56 Å². The summed E-state index contributed by atoms with van der Waals surface area (Å²) in [5.41, 5.74) is 2.21. The van der Waals surface area contributed by atoms with Gasteiger partial charge in [-0.1, -0.05) is 11.3 Å². The molecule has 2 aromatic rings. The highest BCUT2D eigenvalue weighted by Gasteiger charge is 1.99. The second-order valence-electron chi connectivity index (χ2n) is 2.87. The number of hydrogen-bond donors (Lipinski definition) is 0. The first-order valence-electron chi connectivity index (χ1n) is 4.11. The summed E-state index contributed by atoms with van der Waals surface area (Å²) in [6.45, 7) is 2.73. The predicted molar refractivity (Wildman–Crippen MR) is 48.1 cm³/mol. The van der Waals surface area contributed by atoms with Crippen molar-refractivity contribution in [2.75, 3.05) is 0 Å². The molecular formula is C9H10N4. The fraction of sp³-hybridized carbons (Fsp3) is 0.222. The van der Waals surface area contributed by atoms with Gasteiger partial charge in [-0.15, -0.1) is 5.10 Å². The maximum absolute atomic E-state index is 4.26. The van der Waals surface area contributed by atoms with E-state index in [2.05, 4.69) is 15.3 Å². The van der Waals surface area contributed by atoms with E-state index in [1.807, 2.05) is 25.3 Å². The van der Waals surface area contributed by atoms with E-state index in [4.69, 9.17) is 0 Å². The normalized spacial score (nSPS) is 10.2. The zero-order chi connectivity index (χ0) is 9.10. The fourth-order valence-corrected chi connectivity index (χ4v) is 1.15. The topological polar surface area (TPSA) is 43.6 Å². The van der Waals surface area contributed by atoms with Gasteiger partial charge in [0.05, 0.1) is 18.4 Å². The van der Waals surface area contributed by atoms with Gasteiger partial charge in [0.2, 0.25) is 0 Å². The zero-order valence-electron chi connectivity index (χ0n) is 7.38. The van der Waals surface area contributed by atoms with Crippen LogP contribution < -0.4 is 0 Å². The van der Waals surface area contributed by atoms with Gasteiger partial charge < -0.3 is 0 Å². The molecule has 4 nitrogen and oxygen atoms in total. The molecule has 0 aromatic carbocycles. The van der Waals surface area contributed by atoms with Crippen LogP contribution >= 0.6 is 0 Å². The van der Waals surface area contributed by atoms with Crippen LogP contribution in [-0.4, -0.2) is 20.0 Å². The van der Waals surface area contributed by atoms with Crippen molar-refractivity contribution in [2.45, 2.75) is 13.5 Å². The third-order valence-corrected chi connectivity index (χ3v) is 1.90.